The molecule has 0 aliphatic heterocycles. The zero-order chi connectivity index (χ0) is 15.2. The van der Waals surface area contributed by atoms with E-state index in [1.165, 1.54) is 11.3 Å². The van der Waals surface area contributed by atoms with Gasteiger partial charge >= 0.3 is 0 Å². The second kappa shape index (κ2) is 7.68. The van der Waals surface area contributed by atoms with Gasteiger partial charge in [-0.25, -0.2) is 4.98 Å². The third-order valence-electron chi connectivity index (χ3n) is 3.20. The van der Waals surface area contributed by atoms with Crippen LogP contribution in [0.2, 0.25) is 0 Å². The molecule has 0 amide bonds. The zero-order valence-electron chi connectivity index (χ0n) is 12.9. The van der Waals surface area contributed by atoms with Crippen LogP contribution in [0.25, 0.3) is 10.2 Å². The Morgan fingerprint density at radius 2 is 2.24 bits per heavy atom. The van der Waals surface area contributed by atoms with Crippen molar-refractivity contribution in [3.05, 3.63) is 27.6 Å². The summed E-state index contributed by atoms with van der Waals surface area (Å²) in [4.78, 5) is 16.6. The maximum Gasteiger partial charge on any atom is 0.271 e. The van der Waals surface area contributed by atoms with Crippen molar-refractivity contribution in [2.45, 2.75) is 39.8 Å². The highest BCUT2D eigenvalue weighted by Gasteiger charge is 2.07. The lowest BCUT2D eigenvalue weighted by molar-refractivity contribution is 0.0771. The highest BCUT2D eigenvalue weighted by Crippen LogP contribution is 2.19. The summed E-state index contributed by atoms with van der Waals surface area (Å²) >= 11 is 1.47. The minimum Gasteiger partial charge on any atom is -0.379 e. The van der Waals surface area contributed by atoms with E-state index in [0.29, 0.717) is 6.54 Å². The normalized spacial score (nSPS) is 11.6. The largest absolute Gasteiger partial charge is 0.379 e. The highest BCUT2D eigenvalue weighted by atomic mass is 32.1. The number of aryl methyl sites for hydroxylation is 1. The summed E-state index contributed by atoms with van der Waals surface area (Å²) in [6.07, 6.45) is 2.92. The van der Waals surface area contributed by atoms with Gasteiger partial charge in [0.2, 0.25) is 0 Å². The number of ether oxygens (including phenoxy) is 1. The van der Waals surface area contributed by atoms with Gasteiger partial charge in [0.25, 0.3) is 5.56 Å². The molecule has 5 nitrogen and oxygen atoms in total. The topological polar surface area (TPSA) is 56.2 Å². The van der Waals surface area contributed by atoms with Crippen molar-refractivity contribution in [3.8, 4) is 0 Å². The average Bonchev–Trinajstić information content (AvgIpc) is 2.82. The van der Waals surface area contributed by atoms with Gasteiger partial charge in [-0.15, -0.1) is 11.3 Å². The molecule has 0 atom stereocenters. The molecule has 6 heteroatoms. The van der Waals surface area contributed by atoms with Crippen LogP contribution in [0.3, 0.4) is 0 Å². The number of nitrogens with zero attached hydrogens (tertiary/aromatic N) is 2. The molecule has 0 saturated carbocycles. The fourth-order valence-electron chi connectivity index (χ4n) is 2.06. The van der Waals surface area contributed by atoms with E-state index in [1.807, 2.05) is 26.2 Å². The third kappa shape index (κ3) is 4.36. The van der Waals surface area contributed by atoms with Gasteiger partial charge in [-0.1, -0.05) is 0 Å². The standard InChI is InChI=1S/C15H23N3O2S/c1-11(2)20-8-4-5-16-6-7-18-10-17-13-12(3)9-21-14(13)15(18)19/h9-11,16H,4-8H2,1-3H3. The number of aromatic nitrogens is 2. The smallest absolute Gasteiger partial charge is 0.271 e. The van der Waals surface area contributed by atoms with E-state index in [0.717, 1.165) is 41.9 Å². The van der Waals surface area contributed by atoms with E-state index >= 15 is 0 Å². The number of hydrogen-bond acceptors (Lipinski definition) is 5. The summed E-state index contributed by atoms with van der Waals surface area (Å²) in [5.74, 6) is 0. The number of rotatable bonds is 8. The number of nitrogens with one attached hydrogen (secondary N) is 1. The molecule has 1 N–H and O–H groups in total. The Bertz CT molecular complexity index is 633. The molecule has 2 aromatic rings. The van der Waals surface area contributed by atoms with Gasteiger partial charge in [-0.2, -0.15) is 0 Å². The summed E-state index contributed by atoms with van der Waals surface area (Å²) in [5.41, 5.74) is 1.96. The first kappa shape index (κ1) is 16.1. The molecule has 0 aliphatic rings. The summed E-state index contributed by atoms with van der Waals surface area (Å²) in [7, 11) is 0. The van der Waals surface area contributed by atoms with Gasteiger partial charge in [-0.3, -0.25) is 9.36 Å². The number of fused-ring (bicyclic) bond motifs is 1. The lowest BCUT2D eigenvalue weighted by Gasteiger charge is -2.09. The van der Waals surface area contributed by atoms with Gasteiger partial charge in [0.1, 0.15) is 4.70 Å². The fourth-order valence-corrected chi connectivity index (χ4v) is 3.01. The Kier molecular flexibility index (Phi) is 5.90. The van der Waals surface area contributed by atoms with Crippen LogP contribution < -0.4 is 10.9 Å². The van der Waals surface area contributed by atoms with E-state index in [-0.39, 0.29) is 11.7 Å². The van der Waals surface area contributed by atoms with Crippen LogP contribution in [0.15, 0.2) is 16.5 Å². The molecule has 0 fully saturated rings. The third-order valence-corrected chi connectivity index (χ3v) is 4.28. The molecule has 2 heterocycles. The maximum absolute atomic E-state index is 12.3. The van der Waals surface area contributed by atoms with E-state index in [4.69, 9.17) is 4.74 Å². The van der Waals surface area contributed by atoms with Crippen molar-refractivity contribution in [2.24, 2.45) is 0 Å². The Balaban J connectivity index is 1.79. The molecule has 0 saturated heterocycles. The SMILES string of the molecule is Cc1csc2c(=O)n(CCNCCCOC(C)C)cnc12. The highest BCUT2D eigenvalue weighted by molar-refractivity contribution is 7.17. The van der Waals surface area contributed by atoms with Crippen LogP contribution in [0.5, 0.6) is 0 Å². The minimum atomic E-state index is 0.0584. The zero-order valence-corrected chi connectivity index (χ0v) is 13.7. The summed E-state index contributed by atoms with van der Waals surface area (Å²) in [6, 6.07) is 0. The maximum atomic E-state index is 12.3. The summed E-state index contributed by atoms with van der Waals surface area (Å²) < 4.78 is 7.90. The van der Waals surface area contributed by atoms with Gasteiger partial charge in [0.15, 0.2) is 0 Å². The van der Waals surface area contributed by atoms with Crippen LogP contribution in [-0.4, -0.2) is 35.4 Å². The molecular weight excluding hydrogens is 286 g/mol. The van der Waals surface area contributed by atoms with E-state index < -0.39 is 0 Å². The van der Waals surface area contributed by atoms with E-state index in [9.17, 15) is 4.79 Å². The van der Waals surface area contributed by atoms with Gasteiger partial charge in [0, 0.05) is 19.7 Å². The van der Waals surface area contributed by atoms with Crippen LogP contribution in [0.4, 0.5) is 0 Å². The molecule has 0 aromatic carbocycles. The van der Waals surface area contributed by atoms with Gasteiger partial charge in [-0.05, 0) is 44.7 Å². The second-order valence-corrected chi connectivity index (χ2v) is 6.24. The molecule has 116 valence electrons. The molecule has 2 aromatic heterocycles. The first-order valence-corrected chi connectivity index (χ1v) is 8.23. The summed E-state index contributed by atoms with van der Waals surface area (Å²) in [6.45, 7) is 9.13. The van der Waals surface area contributed by atoms with Crippen LogP contribution in [0, 0.1) is 6.92 Å². The average molecular weight is 309 g/mol. The Morgan fingerprint density at radius 3 is 3.00 bits per heavy atom. The van der Waals surface area contributed by atoms with Crippen molar-refractivity contribution >= 4 is 21.6 Å². The molecule has 0 aliphatic carbocycles. The van der Waals surface area contributed by atoms with Crippen molar-refractivity contribution < 1.29 is 4.74 Å². The molecule has 0 bridgehead atoms. The monoisotopic (exact) mass is 309 g/mol. The predicted octanol–water partition coefficient (Wildman–Crippen LogP) is 2.17. The van der Waals surface area contributed by atoms with Gasteiger partial charge < -0.3 is 10.1 Å². The van der Waals surface area contributed by atoms with E-state index in [1.54, 1.807) is 10.9 Å². The number of thiophene rings is 1. The molecule has 0 radical (unpaired) electrons. The lowest BCUT2D eigenvalue weighted by Crippen LogP contribution is -2.28. The number of hydrogen-bond donors (Lipinski definition) is 1. The lowest BCUT2D eigenvalue weighted by atomic mass is 10.3. The van der Waals surface area contributed by atoms with Crippen LogP contribution in [-0.2, 0) is 11.3 Å². The fraction of sp³-hybridized carbons (Fsp3) is 0.600. The van der Waals surface area contributed by atoms with E-state index in [2.05, 4.69) is 10.3 Å². The minimum absolute atomic E-state index is 0.0584. The molecular formula is C15H23N3O2S. The Hall–Kier alpha value is -1.24. The van der Waals surface area contributed by atoms with Crippen LogP contribution >= 0.6 is 11.3 Å². The second-order valence-electron chi connectivity index (χ2n) is 5.36. The first-order valence-electron chi connectivity index (χ1n) is 7.35. The molecule has 21 heavy (non-hydrogen) atoms. The molecule has 0 unspecified atom stereocenters. The Morgan fingerprint density at radius 1 is 1.43 bits per heavy atom. The first-order chi connectivity index (χ1) is 10.1. The van der Waals surface area contributed by atoms with Crippen molar-refractivity contribution in [2.75, 3.05) is 19.7 Å². The molecule has 0 spiro atoms. The Labute approximate surface area is 129 Å². The quantitative estimate of drug-likeness (QED) is 0.759. The van der Waals surface area contributed by atoms with Crippen LogP contribution in [0.1, 0.15) is 25.8 Å². The predicted molar refractivity (Wildman–Crippen MR) is 87.2 cm³/mol. The van der Waals surface area contributed by atoms with Crippen molar-refractivity contribution in [1.29, 1.82) is 0 Å². The van der Waals surface area contributed by atoms with Crippen molar-refractivity contribution in [3.63, 3.8) is 0 Å². The van der Waals surface area contributed by atoms with Gasteiger partial charge in [0.05, 0.1) is 17.9 Å². The summed E-state index contributed by atoms with van der Waals surface area (Å²) in [5, 5.41) is 5.31. The van der Waals surface area contributed by atoms with Crippen molar-refractivity contribution in [1.82, 2.24) is 14.9 Å². The molecule has 2 rings (SSSR count).